The van der Waals surface area contributed by atoms with Gasteiger partial charge >= 0.3 is 6.03 Å². The maximum atomic E-state index is 13.2. The van der Waals surface area contributed by atoms with E-state index in [0.29, 0.717) is 36.8 Å². The van der Waals surface area contributed by atoms with E-state index in [4.69, 9.17) is 13.9 Å². The largest absolute Gasteiger partial charge is 0.493 e. The molecular weight excluding hydrogens is 384 g/mol. The number of furan rings is 1. The van der Waals surface area contributed by atoms with Gasteiger partial charge in [0.2, 0.25) is 0 Å². The molecule has 2 aliphatic rings. The number of imide groups is 1. The number of rotatable bonds is 8. The maximum Gasteiger partial charge on any atom is 0.325 e. The van der Waals surface area contributed by atoms with Crippen molar-refractivity contribution in [1.82, 2.24) is 10.2 Å². The van der Waals surface area contributed by atoms with E-state index >= 15 is 0 Å². The molecule has 7 nitrogen and oxygen atoms in total. The molecule has 0 spiro atoms. The van der Waals surface area contributed by atoms with Gasteiger partial charge in [-0.25, -0.2) is 4.79 Å². The van der Waals surface area contributed by atoms with Crippen molar-refractivity contribution in [2.75, 3.05) is 20.3 Å². The molecule has 0 unspecified atom stereocenters. The number of nitrogens with one attached hydrogen (secondary N) is 1. The van der Waals surface area contributed by atoms with Gasteiger partial charge in [0.1, 0.15) is 22.8 Å². The lowest BCUT2D eigenvalue weighted by atomic mass is 9.92. The third-order valence-corrected chi connectivity index (χ3v) is 6.06. The minimum Gasteiger partial charge on any atom is -0.493 e. The minimum absolute atomic E-state index is 0.198. The molecule has 1 aliphatic heterocycles. The molecule has 2 aromatic rings. The van der Waals surface area contributed by atoms with Crippen LogP contribution in [-0.4, -0.2) is 37.1 Å². The number of methoxy groups -OCH3 is 1. The third-order valence-electron chi connectivity index (χ3n) is 6.06. The molecule has 160 valence electrons. The van der Waals surface area contributed by atoms with Gasteiger partial charge in [-0.1, -0.05) is 12.1 Å². The molecule has 1 N–H and O–H groups in total. The van der Waals surface area contributed by atoms with Gasteiger partial charge in [0.15, 0.2) is 0 Å². The zero-order valence-corrected chi connectivity index (χ0v) is 17.9. The van der Waals surface area contributed by atoms with Gasteiger partial charge in [0.25, 0.3) is 5.91 Å². The summed E-state index contributed by atoms with van der Waals surface area (Å²) >= 11 is 0. The average Bonchev–Trinajstić information content (AvgIpc) is 3.34. The number of hydrogen-bond donors (Lipinski definition) is 1. The topological polar surface area (TPSA) is 81.0 Å². The van der Waals surface area contributed by atoms with Crippen molar-refractivity contribution in [3.8, 4) is 5.75 Å². The Labute approximate surface area is 176 Å². The fraction of sp³-hybridized carbons (Fsp3) is 0.478. The predicted octanol–water partition coefficient (Wildman–Crippen LogP) is 3.67. The van der Waals surface area contributed by atoms with E-state index in [-0.39, 0.29) is 17.4 Å². The van der Waals surface area contributed by atoms with Gasteiger partial charge in [-0.15, -0.1) is 0 Å². The molecule has 0 radical (unpaired) electrons. The van der Waals surface area contributed by atoms with Crippen LogP contribution in [0.15, 0.2) is 34.7 Å². The third kappa shape index (κ3) is 3.69. The first-order valence-corrected chi connectivity index (χ1v) is 10.2. The van der Waals surface area contributed by atoms with Crippen molar-refractivity contribution in [2.24, 2.45) is 5.41 Å². The summed E-state index contributed by atoms with van der Waals surface area (Å²) in [6.45, 7) is 6.71. The van der Waals surface area contributed by atoms with Crippen LogP contribution in [0.25, 0.3) is 0 Å². The Morgan fingerprint density at radius 1 is 1.20 bits per heavy atom. The Balaban J connectivity index is 1.45. The first-order chi connectivity index (χ1) is 14.3. The van der Waals surface area contributed by atoms with Crippen LogP contribution in [0, 0.1) is 19.3 Å². The first kappa shape index (κ1) is 20.5. The smallest absolute Gasteiger partial charge is 0.325 e. The second kappa shape index (κ2) is 7.47. The van der Waals surface area contributed by atoms with Crippen molar-refractivity contribution in [2.45, 2.75) is 45.8 Å². The summed E-state index contributed by atoms with van der Waals surface area (Å²) in [6.07, 6.45) is 1.84. The molecule has 2 heterocycles. The molecule has 1 aromatic heterocycles. The normalized spacial score (nSPS) is 22.3. The molecule has 1 aliphatic carbocycles. The lowest BCUT2D eigenvalue weighted by molar-refractivity contribution is -0.131. The van der Waals surface area contributed by atoms with E-state index in [1.807, 2.05) is 44.2 Å². The quantitative estimate of drug-likeness (QED) is 0.669. The Kier molecular flexibility index (Phi) is 5.10. The van der Waals surface area contributed by atoms with Crippen molar-refractivity contribution in [3.05, 3.63) is 53.0 Å². The summed E-state index contributed by atoms with van der Waals surface area (Å²) in [6, 6.07) is 9.23. The van der Waals surface area contributed by atoms with Crippen LogP contribution in [0.4, 0.5) is 4.79 Å². The van der Waals surface area contributed by atoms with Crippen molar-refractivity contribution in [1.29, 1.82) is 0 Å². The Morgan fingerprint density at radius 3 is 2.60 bits per heavy atom. The zero-order chi connectivity index (χ0) is 21.5. The Hall–Kier alpha value is -2.80. The highest BCUT2D eigenvalue weighted by Gasteiger charge is 2.55. The monoisotopic (exact) mass is 412 g/mol. The molecule has 2 fully saturated rings. The number of ether oxygens (including phenoxy) is 2. The predicted molar refractivity (Wildman–Crippen MR) is 110 cm³/mol. The highest BCUT2D eigenvalue weighted by atomic mass is 16.5. The first-order valence-electron chi connectivity index (χ1n) is 10.2. The van der Waals surface area contributed by atoms with Crippen molar-refractivity contribution < 1.29 is 23.5 Å². The van der Waals surface area contributed by atoms with Gasteiger partial charge in [-0.05, 0) is 57.4 Å². The zero-order valence-electron chi connectivity index (χ0n) is 17.9. The number of hydrogen-bond acceptors (Lipinski definition) is 5. The molecule has 0 bridgehead atoms. The van der Waals surface area contributed by atoms with Crippen LogP contribution in [0.3, 0.4) is 0 Å². The van der Waals surface area contributed by atoms with E-state index < -0.39 is 5.54 Å². The molecule has 30 heavy (non-hydrogen) atoms. The number of urea groups is 1. The number of carbonyl (C=O) groups is 2. The van der Waals surface area contributed by atoms with E-state index in [2.05, 4.69) is 5.32 Å². The molecule has 1 saturated carbocycles. The molecular formula is C23H28N2O5. The van der Waals surface area contributed by atoms with E-state index in [0.717, 1.165) is 24.2 Å². The van der Waals surface area contributed by atoms with Crippen LogP contribution in [0.5, 0.6) is 5.75 Å². The summed E-state index contributed by atoms with van der Waals surface area (Å²) in [5, 5.41) is 2.87. The van der Waals surface area contributed by atoms with Crippen LogP contribution >= 0.6 is 0 Å². The minimum atomic E-state index is -1.11. The van der Waals surface area contributed by atoms with Gasteiger partial charge in [-0.3, -0.25) is 9.69 Å². The number of amides is 3. The highest BCUT2D eigenvalue weighted by Crippen LogP contribution is 2.48. The second-order valence-corrected chi connectivity index (χ2v) is 8.64. The van der Waals surface area contributed by atoms with E-state index in [9.17, 15) is 9.59 Å². The number of nitrogens with zero attached hydrogens (tertiary/aromatic N) is 1. The van der Waals surface area contributed by atoms with Crippen molar-refractivity contribution >= 4 is 11.9 Å². The molecule has 7 heteroatoms. The average molecular weight is 412 g/mol. The van der Waals surface area contributed by atoms with Gasteiger partial charge in [0.05, 0.1) is 13.2 Å². The van der Waals surface area contributed by atoms with Gasteiger partial charge in [-0.2, -0.15) is 0 Å². The van der Waals surface area contributed by atoms with Crippen LogP contribution in [0.1, 0.15) is 42.4 Å². The van der Waals surface area contributed by atoms with E-state index in [1.165, 1.54) is 4.90 Å². The molecule has 3 amide bonds. The summed E-state index contributed by atoms with van der Waals surface area (Å²) in [5.74, 6) is 1.88. The summed E-state index contributed by atoms with van der Waals surface area (Å²) in [5.41, 5.74) is 0.439. The van der Waals surface area contributed by atoms with Gasteiger partial charge in [0, 0.05) is 24.6 Å². The Morgan fingerprint density at radius 2 is 1.97 bits per heavy atom. The molecule has 1 atom stereocenters. The van der Waals surface area contributed by atoms with Crippen LogP contribution in [-0.2, 0) is 21.7 Å². The summed E-state index contributed by atoms with van der Waals surface area (Å²) in [4.78, 5) is 27.3. The number of carbonyl (C=O) groups excluding carboxylic acids is 2. The van der Waals surface area contributed by atoms with E-state index in [1.54, 1.807) is 14.0 Å². The van der Waals surface area contributed by atoms with Gasteiger partial charge < -0.3 is 19.2 Å². The number of benzene rings is 1. The lowest BCUT2D eigenvalue weighted by Crippen LogP contribution is -2.42. The highest BCUT2D eigenvalue weighted by molar-refractivity contribution is 6.07. The van der Waals surface area contributed by atoms with Crippen molar-refractivity contribution in [3.63, 3.8) is 0 Å². The van der Waals surface area contributed by atoms with Crippen LogP contribution < -0.4 is 10.1 Å². The second-order valence-electron chi connectivity index (χ2n) is 8.64. The molecule has 1 aromatic carbocycles. The SMILES string of the molecule is COCc1cccc(OCC2(CN3C(=O)N[C@@](C)(c4cc(C)oc4C)C3=O)CC2)c1. The maximum absolute atomic E-state index is 13.2. The van der Waals surface area contributed by atoms with Crippen LogP contribution in [0.2, 0.25) is 0 Å². The fourth-order valence-electron chi connectivity index (χ4n) is 4.14. The number of aryl methyl sites for hydroxylation is 2. The summed E-state index contributed by atoms with van der Waals surface area (Å²) < 4.78 is 16.8. The fourth-order valence-corrected chi connectivity index (χ4v) is 4.14. The lowest BCUT2D eigenvalue weighted by Gasteiger charge is -2.24. The molecule has 4 rings (SSSR count). The molecule has 1 saturated heterocycles. The Bertz CT molecular complexity index is 978. The standard InChI is InChI=1S/C23H28N2O5/c1-15-10-19(16(2)30-15)22(3)20(26)25(21(27)24-22)13-23(8-9-23)14-29-18-7-5-6-17(11-18)12-28-4/h5-7,10-11H,8-9,12-14H2,1-4H3,(H,24,27)/t22-/m0/s1. The summed E-state index contributed by atoms with van der Waals surface area (Å²) in [7, 11) is 1.66.